The number of rotatable bonds is 3. The van der Waals surface area contributed by atoms with Crippen molar-refractivity contribution in [1.29, 1.82) is 5.26 Å². The van der Waals surface area contributed by atoms with Crippen LogP contribution in [0.2, 0.25) is 0 Å². The van der Waals surface area contributed by atoms with Gasteiger partial charge in [0.15, 0.2) is 0 Å². The van der Waals surface area contributed by atoms with Crippen molar-refractivity contribution in [1.82, 2.24) is 15.5 Å². The lowest BCUT2D eigenvalue weighted by atomic mass is 10.2. The fourth-order valence-electron chi connectivity index (χ4n) is 2.02. The summed E-state index contributed by atoms with van der Waals surface area (Å²) in [5, 5.41) is 17.1. The summed E-state index contributed by atoms with van der Waals surface area (Å²) in [7, 11) is 0. The normalized spacial score (nSPS) is 14.1. The van der Waals surface area contributed by atoms with Crippen LogP contribution in [-0.4, -0.2) is 49.6 Å². The SMILES string of the molecule is N#Cc1cccc(NC(=O)NCC(=O)N2CCNCC2)c1. The molecule has 0 atom stereocenters. The number of nitriles is 1. The van der Waals surface area contributed by atoms with Crippen LogP contribution >= 0.6 is 0 Å². The lowest BCUT2D eigenvalue weighted by molar-refractivity contribution is -0.130. The Morgan fingerprint density at radius 3 is 2.81 bits per heavy atom. The highest BCUT2D eigenvalue weighted by atomic mass is 16.2. The number of hydrogen-bond donors (Lipinski definition) is 3. The second-order valence-corrected chi connectivity index (χ2v) is 4.63. The molecule has 1 fully saturated rings. The van der Waals surface area contributed by atoms with Gasteiger partial charge < -0.3 is 20.9 Å². The molecular formula is C14H17N5O2. The van der Waals surface area contributed by atoms with Crippen molar-refractivity contribution in [2.75, 3.05) is 38.0 Å². The van der Waals surface area contributed by atoms with E-state index in [4.69, 9.17) is 5.26 Å². The van der Waals surface area contributed by atoms with E-state index in [9.17, 15) is 9.59 Å². The number of nitrogens with zero attached hydrogens (tertiary/aromatic N) is 2. The molecule has 1 aromatic rings. The third-order valence-corrected chi connectivity index (χ3v) is 3.12. The molecular weight excluding hydrogens is 270 g/mol. The lowest BCUT2D eigenvalue weighted by Crippen LogP contribution is -2.49. The first-order valence-electron chi connectivity index (χ1n) is 6.72. The van der Waals surface area contributed by atoms with Crippen molar-refractivity contribution < 1.29 is 9.59 Å². The van der Waals surface area contributed by atoms with Crippen molar-refractivity contribution in [2.24, 2.45) is 0 Å². The summed E-state index contributed by atoms with van der Waals surface area (Å²) in [6, 6.07) is 8.11. The molecule has 3 N–H and O–H groups in total. The van der Waals surface area contributed by atoms with Crippen molar-refractivity contribution in [3.05, 3.63) is 29.8 Å². The zero-order valence-electron chi connectivity index (χ0n) is 11.6. The highest BCUT2D eigenvalue weighted by Crippen LogP contribution is 2.09. The van der Waals surface area contributed by atoms with E-state index in [0.29, 0.717) is 24.3 Å². The summed E-state index contributed by atoms with van der Waals surface area (Å²) in [4.78, 5) is 25.3. The van der Waals surface area contributed by atoms with Gasteiger partial charge in [-0.2, -0.15) is 5.26 Å². The van der Waals surface area contributed by atoms with Crippen LogP contribution in [0.15, 0.2) is 24.3 Å². The Morgan fingerprint density at radius 1 is 1.33 bits per heavy atom. The van der Waals surface area contributed by atoms with E-state index in [-0.39, 0.29) is 12.5 Å². The number of anilines is 1. The van der Waals surface area contributed by atoms with Crippen LogP contribution in [0.5, 0.6) is 0 Å². The summed E-state index contributed by atoms with van der Waals surface area (Å²) < 4.78 is 0. The van der Waals surface area contributed by atoms with Gasteiger partial charge in [0.25, 0.3) is 0 Å². The Balaban J connectivity index is 1.79. The lowest BCUT2D eigenvalue weighted by Gasteiger charge is -2.27. The van der Waals surface area contributed by atoms with Gasteiger partial charge >= 0.3 is 6.03 Å². The molecule has 0 spiro atoms. The highest BCUT2D eigenvalue weighted by Gasteiger charge is 2.16. The maximum atomic E-state index is 11.9. The Hall–Kier alpha value is -2.59. The van der Waals surface area contributed by atoms with Gasteiger partial charge in [-0.25, -0.2) is 4.79 Å². The Kier molecular flexibility index (Phi) is 5.12. The fraction of sp³-hybridized carbons (Fsp3) is 0.357. The minimum atomic E-state index is -0.464. The van der Waals surface area contributed by atoms with Gasteiger partial charge in [0.2, 0.25) is 5.91 Å². The van der Waals surface area contributed by atoms with Crippen LogP contribution in [0.4, 0.5) is 10.5 Å². The summed E-state index contributed by atoms with van der Waals surface area (Å²) in [5.41, 5.74) is 0.978. The molecule has 0 unspecified atom stereocenters. The number of carbonyl (C=O) groups excluding carboxylic acids is 2. The van der Waals surface area contributed by atoms with Gasteiger partial charge in [-0.05, 0) is 18.2 Å². The minimum Gasteiger partial charge on any atom is -0.339 e. The van der Waals surface area contributed by atoms with E-state index in [2.05, 4.69) is 16.0 Å². The zero-order valence-corrected chi connectivity index (χ0v) is 11.6. The number of hydrogen-bond acceptors (Lipinski definition) is 4. The van der Waals surface area contributed by atoms with Crippen molar-refractivity contribution in [2.45, 2.75) is 0 Å². The number of amides is 3. The van der Waals surface area contributed by atoms with E-state index < -0.39 is 6.03 Å². The predicted molar refractivity (Wildman–Crippen MR) is 77.6 cm³/mol. The first-order valence-corrected chi connectivity index (χ1v) is 6.72. The van der Waals surface area contributed by atoms with E-state index in [1.807, 2.05) is 6.07 Å². The topological polar surface area (TPSA) is 97.3 Å². The van der Waals surface area contributed by atoms with Crippen LogP contribution in [0, 0.1) is 11.3 Å². The molecule has 2 rings (SSSR count). The number of carbonyl (C=O) groups is 2. The number of piperazine rings is 1. The van der Waals surface area contributed by atoms with E-state index >= 15 is 0 Å². The van der Waals surface area contributed by atoms with Crippen LogP contribution in [0.3, 0.4) is 0 Å². The highest BCUT2D eigenvalue weighted by molar-refractivity contribution is 5.92. The zero-order chi connectivity index (χ0) is 15.1. The van der Waals surface area contributed by atoms with Crippen LogP contribution in [0.1, 0.15) is 5.56 Å². The molecule has 1 aliphatic rings. The van der Waals surface area contributed by atoms with Crippen molar-refractivity contribution >= 4 is 17.6 Å². The molecule has 0 aromatic heterocycles. The third kappa shape index (κ3) is 4.47. The molecule has 0 bridgehead atoms. The molecule has 1 heterocycles. The summed E-state index contributed by atoms with van der Waals surface area (Å²) in [5.74, 6) is -0.0996. The first-order chi connectivity index (χ1) is 10.2. The van der Waals surface area contributed by atoms with Gasteiger partial charge in [-0.1, -0.05) is 6.07 Å². The molecule has 7 nitrogen and oxygen atoms in total. The maximum absolute atomic E-state index is 11.9. The quantitative estimate of drug-likeness (QED) is 0.735. The van der Waals surface area contributed by atoms with Gasteiger partial charge in [0, 0.05) is 31.9 Å². The Labute approximate surface area is 122 Å². The minimum absolute atomic E-state index is 0.0379. The van der Waals surface area contributed by atoms with Gasteiger partial charge in [-0.15, -0.1) is 0 Å². The van der Waals surface area contributed by atoms with E-state index in [1.54, 1.807) is 29.2 Å². The number of benzene rings is 1. The maximum Gasteiger partial charge on any atom is 0.319 e. The summed E-state index contributed by atoms with van der Waals surface area (Å²) in [6.45, 7) is 2.83. The van der Waals surface area contributed by atoms with Crippen LogP contribution in [-0.2, 0) is 4.79 Å². The first kappa shape index (κ1) is 14.8. The number of urea groups is 1. The van der Waals surface area contributed by atoms with E-state index in [0.717, 1.165) is 13.1 Å². The van der Waals surface area contributed by atoms with Crippen LogP contribution in [0.25, 0.3) is 0 Å². The smallest absolute Gasteiger partial charge is 0.319 e. The molecule has 0 aliphatic carbocycles. The van der Waals surface area contributed by atoms with Crippen molar-refractivity contribution in [3.8, 4) is 6.07 Å². The Bertz CT molecular complexity index is 561. The molecule has 21 heavy (non-hydrogen) atoms. The van der Waals surface area contributed by atoms with Crippen LogP contribution < -0.4 is 16.0 Å². The number of nitrogens with one attached hydrogen (secondary N) is 3. The van der Waals surface area contributed by atoms with Gasteiger partial charge in [0.1, 0.15) is 0 Å². The summed E-state index contributed by atoms with van der Waals surface area (Å²) >= 11 is 0. The second kappa shape index (κ2) is 7.26. The monoisotopic (exact) mass is 287 g/mol. The predicted octanol–water partition coefficient (Wildman–Crippen LogP) is 0.112. The third-order valence-electron chi connectivity index (χ3n) is 3.12. The van der Waals surface area contributed by atoms with Gasteiger partial charge in [-0.3, -0.25) is 4.79 Å². The molecule has 7 heteroatoms. The molecule has 110 valence electrons. The molecule has 3 amide bonds. The molecule has 0 radical (unpaired) electrons. The average molecular weight is 287 g/mol. The largest absolute Gasteiger partial charge is 0.339 e. The van der Waals surface area contributed by atoms with Crippen molar-refractivity contribution in [3.63, 3.8) is 0 Å². The van der Waals surface area contributed by atoms with Gasteiger partial charge in [0.05, 0.1) is 18.2 Å². The molecule has 1 aromatic carbocycles. The molecule has 0 saturated carbocycles. The Morgan fingerprint density at radius 2 is 2.10 bits per heavy atom. The van der Waals surface area contributed by atoms with E-state index in [1.165, 1.54) is 0 Å². The molecule has 1 aliphatic heterocycles. The molecule has 1 saturated heterocycles. The second-order valence-electron chi connectivity index (χ2n) is 4.63. The fourth-order valence-corrected chi connectivity index (χ4v) is 2.02. The summed E-state index contributed by atoms with van der Waals surface area (Å²) in [6.07, 6.45) is 0. The average Bonchev–Trinajstić information content (AvgIpc) is 2.53. The standard InChI is InChI=1S/C14H17N5O2/c15-9-11-2-1-3-12(8-11)18-14(21)17-10-13(20)19-6-4-16-5-7-19/h1-3,8,16H,4-7,10H2,(H2,17,18,21).